The molecule has 0 saturated heterocycles. The molecule has 0 spiro atoms. The van der Waals surface area contributed by atoms with Crippen molar-refractivity contribution in [1.82, 2.24) is 23.8 Å². The summed E-state index contributed by atoms with van der Waals surface area (Å²) in [4.78, 5) is 14.3. The molecule has 0 atom stereocenters. The van der Waals surface area contributed by atoms with Crippen LogP contribution in [0.2, 0.25) is 0 Å². The zero-order chi connectivity index (χ0) is 30.9. The fourth-order valence-electron chi connectivity index (χ4n) is 6.78. The number of fused-ring (bicyclic) bond motifs is 12. The number of imidazole rings is 2. The topological polar surface area (TPSA) is 56.7 Å². The standard InChI is InChI=1S/C41H23N5O.Pt/c1-3-8-26(9-4-1)28-13-18-37-34(22-28)32-17-15-29(23-35(32)39-43-20-21-45(37)39)47-30-14-16-31-33-12-7-19-42-40(33)46-38(27-10-5-2-6-11-27)25-44-41(46)36(31)24-30;/h1-22,25H;/q-2;+2. The van der Waals surface area contributed by atoms with Crippen molar-refractivity contribution in [3.63, 3.8) is 0 Å². The van der Waals surface area contributed by atoms with Crippen molar-refractivity contribution in [2.45, 2.75) is 0 Å². The van der Waals surface area contributed by atoms with E-state index in [1.54, 1.807) is 0 Å². The number of benzene rings is 5. The van der Waals surface area contributed by atoms with Crippen LogP contribution in [0.4, 0.5) is 0 Å². The molecule has 7 heteroatoms. The molecule has 0 bridgehead atoms. The van der Waals surface area contributed by atoms with Gasteiger partial charge >= 0.3 is 21.1 Å². The van der Waals surface area contributed by atoms with E-state index in [1.807, 2.05) is 67.3 Å². The summed E-state index contributed by atoms with van der Waals surface area (Å²) < 4.78 is 10.7. The molecule has 5 aromatic heterocycles. The van der Waals surface area contributed by atoms with Crippen LogP contribution in [0, 0.1) is 12.1 Å². The number of aromatic nitrogens is 5. The summed E-state index contributed by atoms with van der Waals surface area (Å²) in [6, 6.07) is 46.5. The smallest absolute Gasteiger partial charge is 0.497 e. The number of ether oxygens (including phenoxy) is 1. The number of rotatable bonds is 4. The maximum absolute atomic E-state index is 6.48. The Kier molecular flexibility index (Phi) is 6.59. The second-order valence-corrected chi connectivity index (χ2v) is 11.6. The normalized spacial score (nSPS) is 11.6. The van der Waals surface area contributed by atoms with Crippen LogP contribution < -0.4 is 4.74 Å². The Labute approximate surface area is 289 Å². The first-order chi connectivity index (χ1) is 23.3. The van der Waals surface area contributed by atoms with Gasteiger partial charge in [-0.25, -0.2) is 4.98 Å². The SMILES string of the molecule is [Pt+2].[c-]1c(Oc2[c-]c3c(cc2)c2cccnc2n2c(-c4ccccc4)cnc32)ccc2c1c1nccn1c1ccc(-c3ccccc3)cc21. The predicted molar refractivity (Wildman–Crippen MR) is 187 cm³/mol. The summed E-state index contributed by atoms with van der Waals surface area (Å²) in [5, 5.41) is 5.99. The number of nitrogens with zero attached hydrogens (tertiary/aromatic N) is 5. The third-order valence-electron chi connectivity index (χ3n) is 8.92. The number of hydrogen-bond acceptors (Lipinski definition) is 4. The van der Waals surface area contributed by atoms with E-state index in [1.165, 1.54) is 5.56 Å². The summed E-state index contributed by atoms with van der Waals surface area (Å²) in [5.41, 5.74) is 7.93. The summed E-state index contributed by atoms with van der Waals surface area (Å²) in [7, 11) is 0. The Morgan fingerprint density at radius 1 is 0.521 bits per heavy atom. The van der Waals surface area contributed by atoms with Gasteiger partial charge in [0.2, 0.25) is 0 Å². The molecule has 6 nitrogen and oxygen atoms in total. The molecule has 10 aromatic rings. The van der Waals surface area contributed by atoms with Gasteiger partial charge in [0.05, 0.1) is 17.0 Å². The van der Waals surface area contributed by atoms with E-state index in [0.29, 0.717) is 11.5 Å². The summed E-state index contributed by atoms with van der Waals surface area (Å²) in [5.74, 6) is 1.16. The average molecular weight is 797 g/mol. The monoisotopic (exact) mass is 796 g/mol. The van der Waals surface area contributed by atoms with Gasteiger partial charge in [-0.15, -0.1) is 12.1 Å². The Balaban J connectivity index is 0.00000314. The fraction of sp³-hybridized carbons (Fsp3) is 0. The first kappa shape index (κ1) is 28.4. The molecular formula is C41H23N5OPt. The van der Waals surface area contributed by atoms with E-state index in [9.17, 15) is 0 Å². The molecule has 0 amide bonds. The van der Waals surface area contributed by atoms with Gasteiger partial charge in [-0.1, -0.05) is 125 Å². The minimum atomic E-state index is 0. The van der Waals surface area contributed by atoms with E-state index in [-0.39, 0.29) is 21.1 Å². The minimum absolute atomic E-state index is 0. The number of hydrogen-bond donors (Lipinski definition) is 0. The molecule has 10 rings (SSSR count). The van der Waals surface area contributed by atoms with Gasteiger partial charge in [0.1, 0.15) is 5.65 Å². The van der Waals surface area contributed by atoms with Crippen LogP contribution in [0.5, 0.6) is 11.5 Å². The zero-order valence-corrected chi connectivity index (χ0v) is 27.5. The van der Waals surface area contributed by atoms with Crippen LogP contribution in [0.3, 0.4) is 0 Å². The van der Waals surface area contributed by atoms with Crippen LogP contribution in [0.15, 0.2) is 140 Å². The van der Waals surface area contributed by atoms with Crippen molar-refractivity contribution < 1.29 is 25.8 Å². The molecule has 0 radical (unpaired) electrons. The van der Waals surface area contributed by atoms with Crippen molar-refractivity contribution in [3.8, 4) is 33.9 Å². The van der Waals surface area contributed by atoms with Gasteiger partial charge < -0.3 is 13.5 Å². The molecule has 0 saturated carbocycles. The number of pyridine rings is 3. The van der Waals surface area contributed by atoms with Crippen LogP contribution in [0.25, 0.3) is 77.2 Å². The van der Waals surface area contributed by atoms with Crippen molar-refractivity contribution >= 4 is 54.8 Å². The Morgan fingerprint density at radius 2 is 1.21 bits per heavy atom. The molecule has 0 aliphatic rings. The molecule has 48 heavy (non-hydrogen) atoms. The summed E-state index contributed by atoms with van der Waals surface area (Å²) >= 11 is 0. The maximum atomic E-state index is 6.48. The predicted octanol–water partition coefficient (Wildman–Crippen LogP) is 9.71. The minimum Gasteiger partial charge on any atom is -0.497 e. The second kappa shape index (κ2) is 11.1. The van der Waals surface area contributed by atoms with Crippen molar-refractivity contribution in [3.05, 3.63) is 152 Å². The van der Waals surface area contributed by atoms with Crippen LogP contribution in [0.1, 0.15) is 0 Å². The molecule has 5 heterocycles. The molecule has 0 aliphatic heterocycles. The quantitative estimate of drug-likeness (QED) is 0.132. The van der Waals surface area contributed by atoms with Gasteiger partial charge in [0, 0.05) is 41.8 Å². The van der Waals surface area contributed by atoms with E-state index in [2.05, 4.69) is 93.7 Å². The Hall–Kier alpha value is -5.84. The fourth-order valence-corrected chi connectivity index (χ4v) is 6.78. The van der Waals surface area contributed by atoms with Gasteiger partial charge in [-0.3, -0.25) is 9.97 Å². The second-order valence-electron chi connectivity index (χ2n) is 11.6. The maximum Gasteiger partial charge on any atom is 2.00 e. The van der Waals surface area contributed by atoms with E-state index < -0.39 is 0 Å². The summed E-state index contributed by atoms with van der Waals surface area (Å²) in [6.45, 7) is 0. The molecule has 228 valence electrons. The molecule has 0 unspecified atom stereocenters. The van der Waals surface area contributed by atoms with Crippen LogP contribution in [-0.4, -0.2) is 23.8 Å². The molecule has 0 aliphatic carbocycles. The van der Waals surface area contributed by atoms with Crippen LogP contribution >= 0.6 is 0 Å². The van der Waals surface area contributed by atoms with Gasteiger partial charge in [-0.05, 0) is 39.6 Å². The molecular weight excluding hydrogens is 774 g/mol. The van der Waals surface area contributed by atoms with Gasteiger partial charge in [-0.2, -0.15) is 0 Å². The van der Waals surface area contributed by atoms with Crippen molar-refractivity contribution in [2.24, 2.45) is 0 Å². The largest absolute Gasteiger partial charge is 2.00 e. The summed E-state index contributed by atoms with van der Waals surface area (Å²) in [6.07, 6.45) is 7.55. The molecule has 0 fully saturated rings. The van der Waals surface area contributed by atoms with Gasteiger partial charge in [0.15, 0.2) is 0 Å². The van der Waals surface area contributed by atoms with Crippen molar-refractivity contribution in [2.75, 3.05) is 0 Å². The molecule has 0 N–H and O–H groups in total. The Bertz CT molecular complexity index is 2830. The first-order valence-corrected chi connectivity index (χ1v) is 15.4. The third kappa shape index (κ3) is 4.34. The average Bonchev–Trinajstić information content (AvgIpc) is 3.82. The van der Waals surface area contributed by atoms with Gasteiger partial charge in [0.25, 0.3) is 0 Å². The molecule has 5 aromatic carbocycles. The Morgan fingerprint density at radius 3 is 1.98 bits per heavy atom. The van der Waals surface area contributed by atoms with E-state index in [4.69, 9.17) is 19.7 Å². The van der Waals surface area contributed by atoms with Crippen molar-refractivity contribution in [1.29, 1.82) is 0 Å². The third-order valence-corrected chi connectivity index (χ3v) is 8.92. The zero-order valence-electron chi connectivity index (χ0n) is 25.2. The van der Waals surface area contributed by atoms with E-state index >= 15 is 0 Å². The van der Waals surface area contributed by atoms with E-state index in [0.717, 1.165) is 71.6 Å². The van der Waals surface area contributed by atoms with Crippen LogP contribution in [-0.2, 0) is 21.1 Å². The first-order valence-electron chi connectivity index (χ1n) is 15.4.